The number of rotatable bonds is 43. The lowest BCUT2D eigenvalue weighted by atomic mass is 10.0. The predicted molar refractivity (Wildman–Crippen MR) is 245 cm³/mol. The van der Waals surface area contributed by atoms with E-state index in [2.05, 4.69) is 79.1 Å². The zero-order valence-corrected chi connectivity index (χ0v) is 38.4. The molecule has 0 aromatic rings. The number of phosphoric acid groups is 1. The fourth-order valence-corrected chi connectivity index (χ4v) is 6.93. The van der Waals surface area contributed by atoms with E-state index in [1.165, 1.54) is 83.5 Å². The Labute approximate surface area is 364 Å². The van der Waals surface area contributed by atoms with Gasteiger partial charge in [-0.05, 0) is 57.8 Å². The summed E-state index contributed by atoms with van der Waals surface area (Å²) in [5.74, 6) is -2.42. The number of nitrogens with two attached hydrogens (primary N) is 1. The molecule has 0 aliphatic rings. The minimum atomic E-state index is -4.73. The summed E-state index contributed by atoms with van der Waals surface area (Å²) in [6.45, 7) is 2.67. The number of carbonyl (C=O) groups excluding carboxylic acids is 2. The van der Waals surface area contributed by atoms with Crippen LogP contribution >= 0.6 is 7.82 Å². The predicted octanol–water partition coefficient (Wildman–Crippen LogP) is 12.7. The van der Waals surface area contributed by atoms with Crippen LogP contribution in [0.5, 0.6) is 0 Å². The van der Waals surface area contributed by atoms with Gasteiger partial charge in [0.2, 0.25) is 0 Å². The second-order valence-electron chi connectivity index (χ2n) is 15.5. The van der Waals surface area contributed by atoms with Gasteiger partial charge in [0.25, 0.3) is 0 Å². The van der Waals surface area contributed by atoms with E-state index < -0.39 is 51.1 Å². The number of carboxylic acids is 1. The summed E-state index contributed by atoms with van der Waals surface area (Å²) in [5, 5.41) is 8.90. The number of unbranched alkanes of at least 4 members (excludes halogenated alkanes) is 19. The highest BCUT2D eigenvalue weighted by molar-refractivity contribution is 7.47. The molecule has 60 heavy (non-hydrogen) atoms. The van der Waals surface area contributed by atoms with E-state index in [0.29, 0.717) is 12.8 Å². The highest BCUT2D eigenvalue weighted by Gasteiger charge is 2.28. The largest absolute Gasteiger partial charge is 0.480 e. The van der Waals surface area contributed by atoms with Crippen molar-refractivity contribution < 1.29 is 47.5 Å². The van der Waals surface area contributed by atoms with E-state index in [0.717, 1.165) is 70.6 Å². The standard InChI is InChI=1S/C48H84NO10P/c1-3-5-7-9-11-13-15-17-19-21-22-24-25-27-29-31-33-35-37-39-46(50)56-41-44(42-57-60(54,55)58-43-45(49)48(52)53)59-47(51)40-38-36-34-32-30-28-26-23-20-18-16-14-12-10-8-6-4-2/h5,7,11,13,17,19,22,24,27,29,44-45H,3-4,6,8-10,12,14-16,18,20-21,23,25-26,28,30-43,49H2,1-2H3,(H,52,53)(H,54,55)/b7-5-,13-11-,19-17-,24-22-,29-27-/t44-,45+/m1/s1. The van der Waals surface area contributed by atoms with E-state index in [4.69, 9.17) is 24.8 Å². The Bertz CT molecular complexity index is 1250. The summed E-state index contributed by atoms with van der Waals surface area (Å²) in [4.78, 5) is 46.1. The second-order valence-corrected chi connectivity index (χ2v) is 17.0. The van der Waals surface area contributed by atoms with Crippen LogP contribution in [0.1, 0.15) is 194 Å². The lowest BCUT2D eigenvalue weighted by Gasteiger charge is -2.20. The molecule has 346 valence electrons. The molecule has 0 rings (SSSR count). The number of aliphatic carboxylic acids is 1. The Balaban J connectivity index is 4.37. The van der Waals surface area contributed by atoms with Crippen LogP contribution in [0.2, 0.25) is 0 Å². The maximum Gasteiger partial charge on any atom is 0.472 e. The Morgan fingerprint density at radius 1 is 0.533 bits per heavy atom. The normalized spacial score (nSPS) is 14.2. The summed E-state index contributed by atoms with van der Waals surface area (Å²) < 4.78 is 32.7. The van der Waals surface area contributed by atoms with Crippen LogP contribution < -0.4 is 5.73 Å². The zero-order chi connectivity index (χ0) is 44.2. The number of hydrogen-bond acceptors (Lipinski definition) is 9. The smallest absolute Gasteiger partial charge is 0.472 e. The summed E-state index contributed by atoms with van der Waals surface area (Å²) in [6.07, 6.45) is 49.9. The molecule has 0 radical (unpaired) electrons. The molecule has 11 nitrogen and oxygen atoms in total. The van der Waals surface area contributed by atoms with Gasteiger partial charge in [0, 0.05) is 12.8 Å². The Morgan fingerprint density at radius 2 is 0.933 bits per heavy atom. The fourth-order valence-electron chi connectivity index (χ4n) is 6.15. The third-order valence-electron chi connectivity index (χ3n) is 9.78. The van der Waals surface area contributed by atoms with Crippen molar-refractivity contribution in [2.24, 2.45) is 5.73 Å². The van der Waals surface area contributed by atoms with E-state index in [1.54, 1.807) is 0 Å². The first-order chi connectivity index (χ1) is 29.1. The van der Waals surface area contributed by atoms with Crippen LogP contribution in [0.3, 0.4) is 0 Å². The van der Waals surface area contributed by atoms with Gasteiger partial charge in [-0.25, -0.2) is 4.57 Å². The average Bonchev–Trinajstić information content (AvgIpc) is 3.22. The van der Waals surface area contributed by atoms with Crippen molar-refractivity contribution in [3.8, 4) is 0 Å². The van der Waals surface area contributed by atoms with Crippen molar-refractivity contribution in [2.45, 2.75) is 206 Å². The van der Waals surface area contributed by atoms with Crippen LogP contribution in [-0.2, 0) is 37.5 Å². The number of ether oxygens (including phenoxy) is 2. The van der Waals surface area contributed by atoms with E-state index in [9.17, 15) is 23.8 Å². The Hall–Kier alpha value is -2.82. The summed E-state index contributed by atoms with van der Waals surface area (Å²) >= 11 is 0. The Kier molecular flexibility index (Phi) is 40.8. The molecular weight excluding hydrogens is 781 g/mol. The molecule has 1 unspecified atom stereocenters. The molecule has 0 aliphatic carbocycles. The fraction of sp³-hybridized carbons (Fsp3) is 0.729. The molecule has 0 aliphatic heterocycles. The number of esters is 2. The van der Waals surface area contributed by atoms with Crippen molar-refractivity contribution in [3.05, 3.63) is 60.8 Å². The minimum Gasteiger partial charge on any atom is -0.480 e. The molecule has 0 amide bonds. The molecule has 0 heterocycles. The molecule has 12 heteroatoms. The average molecular weight is 866 g/mol. The first kappa shape index (κ1) is 57.2. The zero-order valence-electron chi connectivity index (χ0n) is 37.5. The quantitative estimate of drug-likeness (QED) is 0.0230. The van der Waals surface area contributed by atoms with Gasteiger partial charge in [-0.3, -0.25) is 23.4 Å². The highest BCUT2D eigenvalue weighted by atomic mass is 31.2. The molecule has 0 saturated heterocycles. The molecule has 0 aromatic carbocycles. The topological polar surface area (TPSA) is 172 Å². The molecule has 0 fully saturated rings. The van der Waals surface area contributed by atoms with Gasteiger partial charge in [0.1, 0.15) is 12.6 Å². The highest BCUT2D eigenvalue weighted by Crippen LogP contribution is 2.43. The first-order valence-electron chi connectivity index (χ1n) is 23.3. The second kappa shape index (κ2) is 42.9. The molecule has 0 aromatic heterocycles. The van der Waals surface area contributed by atoms with Crippen LogP contribution in [0.4, 0.5) is 0 Å². The summed E-state index contributed by atoms with van der Waals surface area (Å²) in [7, 11) is -4.73. The number of hydrogen-bond donors (Lipinski definition) is 3. The lowest BCUT2D eigenvalue weighted by Crippen LogP contribution is -2.34. The maximum absolute atomic E-state index is 12.7. The first-order valence-corrected chi connectivity index (χ1v) is 24.8. The van der Waals surface area contributed by atoms with Crippen molar-refractivity contribution in [3.63, 3.8) is 0 Å². The van der Waals surface area contributed by atoms with E-state index in [-0.39, 0.29) is 19.4 Å². The van der Waals surface area contributed by atoms with Crippen LogP contribution in [0.25, 0.3) is 0 Å². The van der Waals surface area contributed by atoms with E-state index in [1.807, 2.05) is 0 Å². The molecule has 0 saturated carbocycles. The number of carboxylic acid groups (broad SMARTS) is 1. The summed E-state index contributed by atoms with van der Waals surface area (Å²) in [5.41, 5.74) is 5.34. The van der Waals surface area contributed by atoms with Gasteiger partial charge in [-0.1, -0.05) is 184 Å². The monoisotopic (exact) mass is 866 g/mol. The third-order valence-corrected chi connectivity index (χ3v) is 10.7. The van der Waals surface area contributed by atoms with Crippen molar-refractivity contribution in [2.75, 3.05) is 19.8 Å². The minimum absolute atomic E-state index is 0.154. The lowest BCUT2D eigenvalue weighted by molar-refractivity contribution is -0.161. The SMILES string of the molecule is CC/C=C\C/C=C\C/C=C\C/C=C\C/C=C\CCCCCC(=O)OC[C@H](COP(=O)(O)OC[C@H](N)C(=O)O)OC(=O)CCCCCCCCCCCCCCCCCCC. The molecule has 3 atom stereocenters. The maximum atomic E-state index is 12.7. The van der Waals surface area contributed by atoms with Crippen LogP contribution in [0.15, 0.2) is 60.8 Å². The van der Waals surface area contributed by atoms with Gasteiger partial charge in [-0.2, -0.15) is 0 Å². The van der Waals surface area contributed by atoms with Gasteiger partial charge >= 0.3 is 25.7 Å². The number of carbonyl (C=O) groups is 3. The van der Waals surface area contributed by atoms with Crippen LogP contribution in [-0.4, -0.2) is 59.9 Å². The van der Waals surface area contributed by atoms with Gasteiger partial charge in [0.05, 0.1) is 13.2 Å². The Morgan fingerprint density at radius 3 is 1.40 bits per heavy atom. The molecule has 0 bridgehead atoms. The number of phosphoric ester groups is 1. The van der Waals surface area contributed by atoms with E-state index >= 15 is 0 Å². The van der Waals surface area contributed by atoms with Crippen molar-refractivity contribution >= 4 is 25.7 Å². The van der Waals surface area contributed by atoms with Crippen LogP contribution in [0, 0.1) is 0 Å². The molecular formula is C48H84NO10P. The van der Waals surface area contributed by atoms with Crippen molar-refractivity contribution in [1.29, 1.82) is 0 Å². The molecule has 0 spiro atoms. The molecule has 4 N–H and O–H groups in total. The summed E-state index contributed by atoms with van der Waals surface area (Å²) in [6, 6.07) is -1.53. The van der Waals surface area contributed by atoms with Gasteiger partial charge in [0.15, 0.2) is 6.10 Å². The van der Waals surface area contributed by atoms with Gasteiger partial charge in [-0.15, -0.1) is 0 Å². The van der Waals surface area contributed by atoms with Crippen molar-refractivity contribution in [1.82, 2.24) is 0 Å². The number of allylic oxidation sites excluding steroid dienone is 10. The van der Waals surface area contributed by atoms with Gasteiger partial charge < -0.3 is 25.2 Å². The third kappa shape index (κ3) is 41.9.